The largest absolute Gasteiger partial charge is 0.379 e. The lowest BCUT2D eigenvalue weighted by atomic mass is 9.86. The second-order valence-electron chi connectivity index (χ2n) is 9.65. The summed E-state index contributed by atoms with van der Waals surface area (Å²) in [6.45, 7) is 11.0. The van der Waals surface area contributed by atoms with Crippen molar-refractivity contribution in [3.05, 3.63) is 30.1 Å². The van der Waals surface area contributed by atoms with Crippen LogP contribution in [0.2, 0.25) is 0 Å². The van der Waals surface area contributed by atoms with E-state index in [1.165, 1.54) is 44.3 Å². The Morgan fingerprint density at radius 2 is 1.81 bits per heavy atom. The highest BCUT2D eigenvalue weighted by Gasteiger charge is 2.34. The normalized spacial score (nSPS) is 26.1. The molecule has 0 unspecified atom stereocenters. The highest BCUT2D eigenvalue weighted by atomic mass is 16.5. The molecule has 3 aliphatic rings. The van der Waals surface area contributed by atoms with Crippen molar-refractivity contribution in [2.45, 2.75) is 51.1 Å². The molecular formula is C25H41N5O2. The minimum absolute atomic E-state index is 0.217. The van der Waals surface area contributed by atoms with E-state index in [1.807, 2.05) is 12.4 Å². The molecule has 1 N–H and O–H groups in total. The molecule has 0 aliphatic carbocycles. The summed E-state index contributed by atoms with van der Waals surface area (Å²) in [6, 6.07) is 4.78. The van der Waals surface area contributed by atoms with Crippen molar-refractivity contribution < 1.29 is 9.53 Å². The predicted octanol–water partition coefficient (Wildman–Crippen LogP) is 1.99. The van der Waals surface area contributed by atoms with Crippen molar-refractivity contribution in [1.82, 2.24) is 25.0 Å². The highest BCUT2D eigenvalue weighted by Crippen LogP contribution is 2.28. The number of aromatic nitrogens is 1. The number of nitrogens with one attached hydrogen (secondary N) is 1. The van der Waals surface area contributed by atoms with Gasteiger partial charge < -0.3 is 15.0 Å². The van der Waals surface area contributed by atoms with Gasteiger partial charge in [-0.3, -0.25) is 19.6 Å². The van der Waals surface area contributed by atoms with Crippen LogP contribution in [0.15, 0.2) is 24.5 Å². The van der Waals surface area contributed by atoms with Gasteiger partial charge in [0.25, 0.3) is 0 Å². The van der Waals surface area contributed by atoms with Crippen molar-refractivity contribution >= 4 is 5.91 Å². The number of amides is 1. The highest BCUT2D eigenvalue weighted by molar-refractivity contribution is 5.75. The van der Waals surface area contributed by atoms with Gasteiger partial charge in [-0.05, 0) is 68.9 Å². The molecule has 1 aromatic rings. The molecule has 3 fully saturated rings. The lowest BCUT2D eigenvalue weighted by molar-refractivity contribution is -0.121. The molecule has 0 aromatic carbocycles. The molecule has 0 spiro atoms. The van der Waals surface area contributed by atoms with Crippen LogP contribution in [0.5, 0.6) is 0 Å². The number of nitrogens with zero attached hydrogens (tertiary/aromatic N) is 4. The second kappa shape index (κ2) is 12.6. The zero-order valence-electron chi connectivity index (χ0n) is 19.6. The Morgan fingerprint density at radius 1 is 1.03 bits per heavy atom. The van der Waals surface area contributed by atoms with Gasteiger partial charge in [-0.1, -0.05) is 6.42 Å². The zero-order chi connectivity index (χ0) is 22.0. The molecule has 0 radical (unpaired) electrons. The fourth-order valence-electron chi connectivity index (χ4n) is 5.60. The summed E-state index contributed by atoms with van der Waals surface area (Å²) in [7, 11) is 0. The summed E-state index contributed by atoms with van der Waals surface area (Å²) in [5.41, 5.74) is 1.32. The number of hydrogen-bond acceptors (Lipinski definition) is 6. The minimum Gasteiger partial charge on any atom is -0.379 e. The number of carbonyl (C=O) groups is 1. The maximum atomic E-state index is 12.6. The van der Waals surface area contributed by atoms with Crippen LogP contribution in [0, 0.1) is 5.92 Å². The van der Waals surface area contributed by atoms with Crippen LogP contribution in [0.25, 0.3) is 0 Å². The van der Waals surface area contributed by atoms with Gasteiger partial charge in [-0.2, -0.15) is 0 Å². The molecule has 3 aliphatic heterocycles. The summed E-state index contributed by atoms with van der Waals surface area (Å²) in [5.74, 6) is 0.741. The van der Waals surface area contributed by atoms with Crippen molar-refractivity contribution in [2.24, 2.45) is 5.92 Å². The molecular weight excluding hydrogens is 402 g/mol. The van der Waals surface area contributed by atoms with Crippen LogP contribution in [0.3, 0.4) is 0 Å². The van der Waals surface area contributed by atoms with Gasteiger partial charge >= 0.3 is 0 Å². The Labute approximate surface area is 193 Å². The topological polar surface area (TPSA) is 60.9 Å². The maximum absolute atomic E-state index is 12.6. The molecule has 0 saturated carbocycles. The van der Waals surface area contributed by atoms with Gasteiger partial charge in [0.2, 0.25) is 5.91 Å². The van der Waals surface area contributed by atoms with Crippen molar-refractivity contribution in [3.63, 3.8) is 0 Å². The summed E-state index contributed by atoms with van der Waals surface area (Å²) < 4.78 is 5.59. The van der Waals surface area contributed by atoms with E-state index in [1.54, 1.807) is 0 Å². The molecule has 0 bridgehead atoms. The number of likely N-dealkylation sites (tertiary alicyclic amines) is 2. The number of hydrogen-bond donors (Lipinski definition) is 1. The average Bonchev–Trinajstić information content (AvgIpc) is 2.85. The molecule has 4 heterocycles. The first-order valence-corrected chi connectivity index (χ1v) is 12.7. The number of ether oxygens (including phenoxy) is 1. The fourth-order valence-corrected chi connectivity index (χ4v) is 5.60. The standard InChI is InChI=1S/C25H41N5O2/c31-25(27-11-15-28-12-2-1-3-13-28)5-4-23-21-29(20-22-6-9-26-10-7-22)14-8-24(23)30-16-18-32-19-17-30/h6-7,9-10,23-24H,1-5,8,11-21H2,(H,27,31)/t23-,24+/m1/s1. The van der Waals surface area contributed by atoms with E-state index in [4.69, 9.17) is 4.74 Å². The van der Waals surface area contributed by atoms with Crippen molar-refractivity contribution in [1.29, 1.82) is 0 Å². The number of rotatable bonds is 9. The molecule has 32 heavy (non-hydrogen) atoms. The Kier molecular flexibility index (Phi) is 9.32. The van der Waals surface area contributed by atoms with E-state index in [0.29, 0.717) is 18.4 Å². The molecule has 7 heteroatoms. The molecule has 178 valence electrons. The third-order valence-corrected chi connectivity index (χ3v) is 7.39. The lowest BCUT2D eigenvalue weighted by Crippen LogP contribution is -2.54. The lowest BCUT2D eigenvalue weighted by Gasteiger charge is -2.45. The third kappa shape index (κ3) is 7.24. The zero-order valence-corrected chi connectivity index (χ0v) is 19.6. The Bertz CT molecular complexity index is 676. The predicted molar refractivity (Wildman–Crippen MR) is 126 cm³/mol. The Balaban J connectivity index is 1.26. The SMILES string of the molecule is O=C(CC[C@@H]1CN(Cc2ccncc2)CC[C@@H]1N1CCOCC1)NCCN1CCCCC1. The van der Waals surface area contributed by atoms with Gasteiger partial charge in [-0.25, -0.2) is 0 Å². The summed E-state index contributed by atoms with van der Waals surface area (Å²) >= 11 is 0. The quantitative estimate of drug-likeness (QED) is 0.630. The molecule has 7 nitrogen and oxygen atoms in total. The van der Waals surface area contributed by atoms with E-state index < -0.39 is 0 Å². The maximum Gasteiger partial charge on any atom is 0.220 e. The number of pyridine rings is 1. The van der Waals surface area contributed by atoms with Gasteiger partial charge in [0.15, 0.2) is 0 Å². The van der Waals surface area contributed by atoms with Crippen molar-refractivity contribution in [3.8, 4) is 0 Å². The van der Waals surface area contributed by atoms with Gasteiger partial charge in [0.1, 0.15) is 0 Å². The smallest absolute Gasteiger partial charge is 0.220 e. The van der Waals surface area contributed by atoms with Crippen LogP contribution in [-0.4, -0.2) is 97.2 Å². The van der Waals surface area contributed by atoms with E-state index in [0.717, 1.165) is 65.4 Å². The number of carbonyl (C=O) groups excluding carboxylic acids is 1. The van der Waals surface area contributed by atoms with Crippen LogP contribution >= 0.6 is 0 Å². The monoisotopic (exact) mass is 443 g/mol. The minimum atomic E-state index is 0.217. The first-order valence-electron chi connectivity index (χ1n) is 12.7. The fraction of sp³-hybridized carbons (Fsp3) is 0.760. The van der Waals surface area contributed by atoms with E-state index >= 15 is 0 Å². The van der Waals surface area contributed by atoms with Crippen LogP contribution in [-0.2, 0) is 16.1 Å². The summed E-state index contributed by atoms with van der Waals surface area (Å²) in [4.78, 5) is 24.4. The first kappa shape index (κ1) is 23.6. The Hall–Kier alpha value is -1.54. The molecule has 1 amide bonds. The van der Waals surface area contributed by atoms with Crippen LogP contribution < -0.4 is 5.32 Å². The van der Waals surface area contributed by atoms with Crippen molar-refractivity contribution in [2.75, 3.05) is 65.6 Å². The number of piperidine rings is 2. The molecule has 4 rings (SSSR count). The average molecular weight is 444 g/mol. The molecule has 1 aromatic heterocycles. The summed E-state index contributed by atoms with van der Waals surface area (Å²) in [6.07, 6.45) is 10.5. The van der Waals surface area contributed by atoms with Crippen LogP contribution in [0.4, 0.5) is 0 Å². The second-order valence-corrected chi connectivity index (χ2v) is 9.65. The Morgan fingerprint density at radius 3 is 2.59 bits per heavy atom. The van der Waals surface area contributed by atoms with E-state index in [9.17, 15) is 4.79 Å². The molecule has 2 atom stereocenters. The van der Waals surface area contributed by atoms with E-state index in [-0.39, 0.29) is 5.91 Å². The van der Waals surface area contributed by atoms with Gasteiger partial charge in [0, 0.05) is 64.1 Å². The first-order chi connectivity index (χ1) is 15.8. The van der Waals surface area contributed by atoms with Gasteiger partial charge in [-0.15, -0.1) is 0 Å². The molecule has 3 saturated heterocycles. The van der Waals surface area contributed by atoms with Gasteiger partial charge in [0.05, 0.1) is 13.2 Å². The third-order valence-electron chi connectivity index (χ3n) is 7.39. The van der Waals surface area contributed by atoms with E-state index in [2.05, 4.69) is 37.1 Å². The summed E-state index contributed by atoms with van der Waals surface area (Å²) in [5, 5.41) is 3.18. The number of morpholine rings is 1. The van der Waals surface area contributed by atoms with Crippen LogP contribution in [0.1, 0.15) is 44.1 Å².